The molecule has 2 rings (SSSR count). The molecule has 0 spiro atoms. The Morgan fingerprint density at radius 2 is 1.81 bits per heavy atom. The number of aliphatic carboxylic acids is 1. The van der Waals surface area contributed by atoms with Crippen LogP contribution < -0.4 is 9.47 Å². The lowest BCUT2D eigenvalue weighted by molar-refractivity contribution is -0.144. The van der Waals surface area contributed by atoms with E-state index in [9.17, 15) is 9.18 Å². The van der Waals surface area contributed by atoms with Gasteiger partial charge >= 0.3 is 5.97 Å². The maximum atomic E-state index is 13.6. The van der Waals surface area contributed by atoms with Gasteiger partial charge in [0.05, 0.1) is 0 Å². The van der Waals surface area contributed by atoms with Gasteiger partial charge in [-0.3, -0.25) is 0 Å². The number of carbonyl (C=O) groups is 1. The second-order valence-corrected chi connectivity index (χ2v) is 4.68. The number of ether oxygens (including phenoxy) is 2. The number of carboxylic acid groups (broad SMARTS) is 1. The van der Waals surface area contributed by atoms with Crippen molar-refractivity contribution in [2.45, 2.75) is 13.0 Å². The molecule has 21 heavy (non-hydrogen) atoms. The van der Waals surface area contributed by atoms with Crippen LogP contribution >= 0.6 is 11.6 Å². The number of hydrogen-bond donors (Lipinski definition) is 1. The lowest BCUT2D eigenvalue weighted by Crippen LogP contribution is -2.22. The standard InChI is InChI=1S/C15H12ClFO4/c1-9(15(18)19)20-11-3-5-12(6-4-11)21-14-7-2-10(16)8-13(14)17/h2-9H,1H3,(H,18,19). The highest BCUT2D eigenvalue weighted by molar-refractivity contribution is 6.30. The van der Waals surface area contributed by atoms with E-state index in [1.54, 1.807) is 24.3 Å². The van der Waals surface area contributed by atoms with Crippen LogP contribution in [0.3, 0.4) is 0 Å². The van der Waals surface area contributed by atoms with Crippen molar-refractivity contribution in [3.05, 3.63) is 53.3 Å². The topological polar surface area (TPSA) is 55.8 Å². The Morgan fingerprint density at radius 1 is 1.19 bits per heavy atom. The van der Waals surface area contributed by atoms with Gasteiger partial charge in [0.25, 0.3) is 0 Å². The molecule has 0 aliphatic rings. The van der Waals surface area contributed by atoms with E-state index in [2.05, 4.69) is 0 Å². The average Bonchev–Trinajstić information content (AvgIpc) is 2.43. The first-order chi connectivity index (χ1) is 9.95. The van der Waals surface area contributed by atoms with Crippen LogP contribution in [0.25, 0.3) is 0 Å². The van der Waals surface area contributed by atoms with Crippen molar-refractivity contribution in [1.29, 1.82) is 0 Å². The maximum absolute atomic E-state index is 13.6. The normalized spacial score (nSPS) is 11.8. The van der Waals surface area contributed by atoms with Crippen LogP contribution in [0.2, 0.25) is 5.02 Å². The van der Waals surface area contributed by atoms with Gasteiger partial charge in [0.1, 0.15) is 11.5 Å². The third kappa shape index (κ3) is 4.10. The zero-order chi connectivity index (χ0) is 15.4. The summed E-state index contributed by atoms with van der Waals surface area (Å²) in [7, 11) is 0. The van der Waals surface area contributed by atoms with Crippen molar-refractivity contribution in [3.63, 3.8) is 0 Å². The monoisotopic (exact) mass is 310 g/mol. The van der Waals surface area contributed by atoms with E-state index in [0.717, 1.165) is 6.07 Å². The van der Waals surface area contributed by atoms with Crippen molar-refractivity contribution in [2.75, 3.05) is 0 Å². The smallest absolute Gasteiger partial charge is 0.344 e. The molecule has 1 N–H and O–H groups in total. The number of hydrogen-bond acceptors (Lipinski definition) is 3. The highest BCUT2D eigenvalue weighted by Crippen LogP contribution is 2.28. The van der Waals surface area contributed by atoms with Crippen LogP contribution in [-0.4, -0.2) is 17.2 Å². The zero-order valence-corrected chi connectivity index (χ0v) is 11.8. The Kier molecular flexibility index (Phi) is 4.65. The van der Waals surface area contributed by atoms with E-state index >= 15 is 0 Å². The molecule has 0 aliphatic carbocycles. The predicted molar refractivity (Wildman–Crippen MR) is 75.7 cm³/mol. The third-order valence-electron chi connectivity index (χ3n) is 2.61. The first-order valence-electron chi connectivity index (χ1n) is 6.08. The van der Waals surface area contributed by atoms with Crippen molar-refractivity contribution < 1.29 is 23.8 Å². The van der Waals surface area contributed by atoms with Gasteiger partial charge in [-0.25, -0.2) is 9.18 Å². The minimum atomic E-state index is -1.06. The lowest BCUT2D eigenvalue weighted by atomic mass is 10.3. The van der Waals surface area contributed by atoms with Gasteiger partial charge in [-0.15, -0.1) is 0 Å². The summed E-state index contributed by atoms with van der Waals surface area (Å²) in [6.45, 7) is 1.43. The van der Waals surface area contributed by atoms with E-state index < -0.39 is 17.9 Å². The highest BCUT2D eigenvalue weighted by Gasteiger charge is 2.12. The fourth-order valence-corrected chi connectivity index (χ4v) is 1.68. The number of halogens is 2. The first-order valence-corrected chi connectivity index (χ1v) is 6.46. The van der Waals surface area contributed by atoms with Crippen LogP contribution in [0.5, 0.6) is 17.2 Å². The Balaban J connectivity index is 2.07. The fourth-order valence-electron chi connectivity index (χ4n) is 1.53. The molecule has 0 saturated carbocycles. The molecular weight excluding hydrogens is 299 g/mol. The van der Waals surface area contributed by atoms with Crippen LogP contribution in [0.15, 0.2) is 42.5 Å². The summed E-state index contributed by atoms with van der Waals surface area (Å²) in [4.78, 5) is 10.7. The lowest BCUT2D eigenvalue weighted by Gasteiger charge is -2.11. The van der Waals surface area contributed by atoms with Crippen LogP contribution in [0, 0.1) is 5.82 Å². The van der Waals surface area contributed by atoms with Crippen molar-refractivity contribution in [2.24, 2.45) is 0 Å². The van der Waals surface area contributed by atoms with Crippen LogP contribution in [-0.2, 0) is 4.79 Å². The minimum Gasteiger partial charge on any atom is -0.479 e. The van der Waals surface area contributed by atoms with E-state index in [0.29, 0.717) is 11.5 Å². The van der Waals surface area contributed by atoms with Crippen molar-refractivity contribution >= 4 is 17.6 Å². The van der Waals surface area contributed by atoms with Crippen molar-refractivity contribution in [3.8, 4) is 17.2 Å². The number of rotatable bonds is 5. The van der Waals surface area contributed by atoms with Gasteiger partial charge in [0, 0.05) is 5.02 Å². The predicted octanol–water partition coefficient (Wildman–Crippen LogP) is 4.12. The molecule has 2 aromatic rings. The Bertz CT molecular complexity index is 643. The first kappa shape index (κ1) is 15.1. The zero-order valence-electron chi connectivity index (χ0n) is 11.0. The van der Waals surface area contributed by atoms with Gasteiger partial charge in [-0.05, 0) is 49.4 Å². The molecule has 0 bridgehead atoms. The molecule has 0 fully saturated rings. The molecule has 0 aliphatic heterocycles. The summed E-state index contributed by atoms with van der Waals surface area (Å²) in [5.41, 5.74) is 0. The summed E-state index contributed by atoms with van der Waals surface area (Å²) in [5.74, 6) is -0.798. The summed E-state index contributed by atoms with van der Waals surface area (Å²) >= 11 is 5.65. The van der Waals surface area contributed by atoms with Gasteiger partial charge in [0.2, 0.25) is 0 Å². The number of benzene rings is 2. The average molecular weight is 311 g/mol. The molecule has 1 atom stereocenters. The molecule has 0 amide bonds. The summed E-state index contributed by atoms with van der Waals surface area (Å²) < 4.78 is 24.1. The minimum absolute atomic E-state index is 0.0481. The molecular formula is C15H12ClFO4. The molecule has 1 unspecified atom stereocenters. The van der Waals surface area contributed by atoms with Crippen LogP contribution in [0.1, 0.15) is 6.92 Å². The Morgan fingerprint density at radius 3 is 2.38 bits per heavy atom. The molecule has 0 heterocycles. The maximum Gasteiger partial charge on any atom is 0.344 e. The summed E-state index contributed by atoms with van der Waals surface area (Å²) in [6.07, 6.45) is -0.953. The van der Waals surface area contributed by atoms with Gasteiger partial charge in [-0.1, -0.05) is 11.6 Å². The Labute approximate surface area is 125 Å². The van der Waals surface area contributed by atoms with Gasteiger partial charge < -0.3 is 14.6 Å². The summed E-state index contributed by atoms with van der Waals surface area (Å²) in [5, 5.41) is 9.03. The fraction of sp³-hybridized carbons (Fsp3) is 0.133. The third-order valence-corrected chi connectivity index (χ3v) is 2.84. The molecule has 4 nitrogen and oxygen atoms in total. The SMILES string of the molecule is CC(Oc1ccc(Oc2ccc(Cl)cc2F)cc1)C(=O)O. The van der Waals surface area contributed by atoms with Gasteiger partial charge in [-0.2, -0.15) is 0 Å². The molecule has 0 saturated heterocycles. The molecule has 0 radical (unpaired) electrons. The summed E-state index contributed by atoms with van der Waals surface area (Å²) in [6, 6.07) is 10.3. The van der Waals surface area contributed by atoms with Gasteiger partial charge in [0.15, 0.2) is 17.7 Å². The highest BCUT2D eigenvalue weighted by atomic mass is 35.5. The largest absolute Gasteiger partial charge is 0.479 e. The number of carboxylic acids is 1. The second kappa shape index (κ2) is 6.45. The van der Waals surface area contributed by atoms with Crippen LogP contribution in [0.4, 0.5) is 4.39 Å². The molecule has 2 aromatic carbocycles. The van der Waals surface area contributed by atoms with E-state index in [4.69, 9.17) is 26.2 Å². The second-order valence-electron chi connectivity index (χ2n) is 4.25. The molecule has 6 heteroatoms. The molecule has 110 valence electrons. The molecule has 0 aromatic heterocycles. The van der Waals surface area contributed by atoms with E-state index in [1.165, 1.54) is 19.1 Å². The Hall–Kier alpha value is -2.27. The van der Waals surface area contributed by atoms with Crippen molar-refractivity contribution in [1.82, 2.24) is 0 Å². The van der Waals surface area contributed by atoms with E-state index in [1.807, 2.05) is 0 Å². The van der Waals surface area contributed by atoms with E-state index in [-0.39, 0.29) is 10.8 Å². The quantitative estimate of drug-likeness (QED) is 0.902.